The van der Waals surface area contributed by atoms with Crippen molar-refractivity contribution in [2.24, 2.45) is 0 Å². The van der Waals surface area contributed by atoms with Crippen LogP contribution in [0.5, 0.6) is 5.75 Å². The molecule has 0 saturated carbocycles. The number of halogens is 2. The van der Waals surface area contributed by atoms with Gasteiger partial charge in [0.2, 0.25) is 11.8 Å². The smallest absolute Gasteiger partial charge is 0.387 e. The highest BCUT2D eigenvalue weighted by molar-refractivity contribution is 7.99. The first-order chi connectivity index (χ1) is 13.5. The highest BCUT2D eigenvalue weighted by atomic mass is 32.2. The first-order valence-electron chi connectivity index (χ1n) is 7.85. The number of ether oxygens (including phenoxy) is 1. The lowest BCUT2D eigenvalue weighted by atomic mass is 10.2. The van der Waals surface area contributed by atoms with Crippen LogP contribution in [0.1, 0.15) is 5.56 Å². The molecule has 0 unspecified atom stereocenters. The van der Waals surface area contributed by atoms with Gasteiger partial charge in [-0.25, -0.2) is 0 Å². The minimum atomic E-state index is -2.90. The Morgan fingerprint density at radius 3 is 2.75 bits per heavy atom. The number of amides is 1. The van der Waals surface area contributed by atoms with E-state index in [0.29, 0.717) is 16.8 Å². The molecule has 0 atom stereocenters. The molecule has 2 aromatic carbocycles. The van der Waals surface area contributed by atoms with Gasteiger partial charge in [-0.3, -0.25) is 4.79 Å². The van der Waals surface area contributed by atoms with E-state index in [1.54, 1.807) is 24.3 Å². The Hall–Kier alpha value is -3.45. The molecule has 1 aromatic heterocycles. The lowest BCUT2D eigenvalue weighted by Crippen LogP contribution is -2.14. The van der Waals surface area contributed by atoms with Crippen molar-refractivity contribution in [3.63, 3.8) is 0 Å². The molecule has 28 heavy (non-hydrogen) atoms. The van der Waals surface area contributed by atoms with Crippen LogP contribution in [0.3, 0.4) is 0 Å². The average Bonchev–Trinajstić information content (AvgIpc) is 3.16. The number of alkyl halides is 2. The van der Waals surface area contributed by atoms with E-state index in [2.05, 4.69) is 20.3 Å². The van der Waals surface area contributed by atoms with Crippen LogP contribution in [-0.2, 0) is 4.79 Å². The number of aromatic nitrogens is 2. The Labute approximate surface area is 162 Å². The highest BCUT2D eigenvalue weighted by Gasteiger charge is 2.12. The van der Waals surface area contributed by atoms with Crippen LogP contribution in [0, 0.1) is 11.3 Å². The maximum atomic E-state index is 12.2. The average molecular weight is 402 g/mol. The number of rotatable bonds is 7. The van der Waals surface area contributed by atoms with Crippen molar-refractivity contribution in [3.8, 4) is 23.3 Å². The topological polar surface area (TPSA) is 101 Å². The third-order valence-corrected chi connectivity index (χ3v) is 4.15. The van der Waals surface area contributed by atoms with Crippen LogP contribution >= 0.6 is 11.8 Å². The Morgan fingerprint density at radius 1 is 1.25 bits per heavy atom. The van der Waals surface area contributed by atoms with Crippen LogP contribution < -0.4 is 10.1 Å². The monoisotopic (exact) mass is 402 g/mol. The normalized spacial score (nSPS) is 10.5. The lowest BCUT2D eigenvalue weighted by molar-refractivity contribution is -0.113. The molecule has 0 bridgehead atoms. The van der Waals surface area contributed by atoms with Gasteiger partial charge in [-0.15, -0.1) is 10.2 Å². The molecular formula is C18H12F2N4O3S. The minimum Gasteiger partial charge on any atom is -0.435 e. The van der Waals surface area contributed by atoms with Crippen LogP contribution in [0.25, 0.3) is 11.5 Å². The largest absolute Gasteiger partial charge is 0.435 e. The number of nitrogens with one attached hydrogen (secondary N) is 1. The molecule has 7 nitrogen and oxygen atoms in total. The predicted molar refractivity (Wildman–Crippen MR) is 96.9 cm³/mol. The fourth-order valence-electron chi connectivity index (χ4n) is 2.15. The van der Waals surface area contributed by atoms with E-state index in [-0.39, 0.29) is 28.5 Å². The van der Waals surface area contributed by atoms with Crippen molar-refractivity contribution in [2.45, 2.75) is 11.8 Å². The number of carbonyl (C=O) groups excluding carboxylic acids is 1. The third-order valence-electron chi connectivity index (χ3n) is 3.34. The van der Waals surface area contributed by atoms with Crippen LogP contribution in [-0.4, -0.2) is 28.5 Å². The second-order valence-corrected chi connectivity index (χ2v) is 6.23. The number of nitriles is 1. The van der Waals surface area contributed by atoms with E-state index >= 15 is 0 Å². The van der Waals surface area contributed by atoms with E-state index in [4.69, 9.17) is 9.68 Å². The molecule has 10 heteroatoms. The van der Waals surface area contributed by atoms with Gasteiger partial charge >= 0.3 is 6.61 Å². The van der Waals surface area contributed by atoms with Crippen molar-refractivity contribution < 1.29 is 22.7 Å². The van der Waals surface area contributed by atoms with Gasteiger partial charge in [0.05, 0.1) is 17.4 Å². The van der Waals surface area contributed by atoms with E-state index in [0.717, 1.165) is 11.8 Å². The van der Waals surface area contributed by atoms with Gasteiger partial charge in [0, 0.05) is 11.3 Å². The first-order valence-corrected chi connectivity index (χ1v) is 8.83. The quantitative estimate of drug-likeness (QED) is 0.597. The van der Waals surface area contributed by atoms with Gasteiger partial charge < -0.3 is 14.5 Å². The molecule has 0 spiro atoms. The molecule has 1 N–H and O–H groups in total. The summed E-state index contributed by atoms with van der Waals surface area (Å²) < 4.78 is 34.0. The number of benzene rings is 2. The summed E-state index contributed by atoms with van der Waals surface area (Å²) in [4.78, 5) is 12.0. The summed E-state index contributed by atoms with van der Waals surface area (Å²) in [5.41, 5.74) is 1.48. The second-order valence-electron chi connectivity index (χ2n) is 5.31. The Morgan fingerprint density at radius 2 is 2.04 bits per heavy atom. The predicted octanol–water partition coefficient (Wildman–Crippen LogP) is 3.94. The maximum Gasteiger partial charge on any atom is 0.387 e. The zero-order valence-corrected chi connectivity index (χ0v) is 15.0. The molecule has 1 heterocycles. The summed E-state index contributed by atoms with van der Waals surface area (Å²) in [6, 6.07) is 14.3. The number of hydrogen-bond acceptors (Lipinski definition) is 7. The van der Waals surface area contributed by atoms with Crippen LogP contribution in [0.2, 0.25) is 0 Å². The molecule has 3 rings (SSSR count). The zero-order chi connectivity index (χ0) is 19.9. The van der Waals surface area contributed by atoms with Crippen molar-refractivity contribution in [1.82, 2.24) is 10.2 Å². The number of thioether (sulfide) groups is 1. The summed E-state index contributed by atoms with van der Waals surface area (Å²) in [5, 5.41) is 19.4. The Kier molecular flexibility index (Phi) is 6.18. The van der Waals surface area contributed by atoms with Gasteiger partial charge in [-0.05, 0) is 42.5 Å². The van der Waals surface area contributed by atoms with Gasteiger partial charge in [0.15, 0.2) is 0 Å². The Balaban J connectivity index is 1.55. The molecular weight excluding hydrogens is 390 g/mol. The van der Waals surface area contributed by atoms with E-state index in [1.165, 1.54) is 24.3 Å². The summed E-state index contributed by atoms with van der Waals surface area (Å²) in [6.07, 6.45) is 0. The number of hydrogen-bond donors (Lipinski definition) is 1. The molecule has 0 fully saturated rings. The standard InChI is InChI=1S/C18H12F2N4O3S/c19-17(20)26-14-6-4-12(5-7-14)16-23-24-18(27-16)28-10-15(25)22-13-3-1-2-11(8-13)9-21/h1-8,17H,10H2,(H,22,25). The molecule has 3 aromatic rings. The molecule has 0 saturated heterocycles. The number of carbonyl (C=O) groups is 1. The lowest BCUT2D eigenvalue weighted by Gasteiger charge is -2.04. The molecule has 0 radical (unpaired) electrons. The van der Waals surface area contributed by atoms with Crippen molar-refractivity contribution in [2.75, 3.05) is 11.1 Å². The third kappa shape index (κ3) is 5.28. The van der Waals surface area contributed by atoms with E-state index in [1.807, 2.05) is 6.07 Å². The summed E-state index contributed by atoms with van der Waals surface area (Å²) in [6.45, 7) is -2.90. The minimum absolute atomic E-state index is 0.0185. The van der Waals surface area contributed by atoms with Crippen LogP contribution in [0.4, 0.5) is 14.5 Å². The van der Waals surface area contributed by atoms with E-state index < -0.39 is 6.61 Å². The highest BCUT2D eigenvalue weighted by Crippen LogP contribution is 2.25. The van der Waals surface area contributed by atoms with Crippen molar-refractivity contribution in [3.05, 3.63) is 54.1 Å². The second kappa shape index (κ2) is 8.96. The SMILES string of the molecule is N#Cc1cccc(NC(=O)CSc2nnc(-c3ccc(OC(F)F)cc3)o2)c1. The fraction of sp³-hybridized carbons (Fsp3) is 0.111. The van der Waals surface area contributed by atoms with Crippen molar-refractivity contribution >= 4 is 23.4 Å². The van der Waals surface area contributed by atoms with Crippen LogP contribution in [0.15, 0.2) is 58.2 Å². The van der Waals surface area contributed by atoms with Gasteiger partial charge in [-0.2, -0.15) is 14.0 Å². The number of anilines is 1. The molecule has 1 amide bonds. The Bertz CT molecular complexity index is 1000. The molecule has 0 aliphatic carbocycles. The summed E-state index contributed by atoms with van der Waals surface area (Å²) in [5.74, 6) is -0.0638. The molecule has 0 aliphatic rings. The summed E-state index contributed by atoms with van der Waals surface area (Å²) in [7, 11) is 0. The van der Waals surface area contributed by atoms with Gasteiger partial charge in [-0.1, -0.05) is 17.8 Å². The summed E-state index contributed by atoms with van der Waals surface area (Å²) >= 11 is 1.04. The van der Waals surface area contributed by atoms with Gasteiger partial charge in [0.25, 0.3) is 5.22 Å². The number of nitrogens with zero attached hydrogens (tertiary/aromatic N) is 3. The van der Waals surface area contributed by atoms with Crippen molar-refractivity contribution in [1.29, 1.82) is 5.26 Å². The first kappa shape index (κ1) is 19.3. The van der Waals surface area contributed by atoms with Gasteiger partial charge in [0.1, 0.15) is 5.75 Å². The fourth-order valence-corrected chi connectivity index (χ4v) is 2.72. The van der Waals surface area contributed by atoms with E-state index in [9.17, 15) is 13.6 Å². The maximum absolute atomic E-state index is 12.2. The molecule has 0 aliphatic heterocycles. The molecule has 142 valence electrons. The zero-order valence-electron chi connectivity index (χ0n) is 14.1.